The van der Waals surface area contributed by atoms with Gasteiger partial charge in [0.2, 0.25) is 0 Å². The number of pyridine rings is 1. The van der Waals surface area contributed by atoms with E-state index < -0.39 is 6.09 Å². The summed E-state index contributed by atoms with van der Waals surface area (Å²) < 4.78 is 0. The maximum Gasteiger partial charge on any atom is 0.411 e. The number of nitrogens with zero attached hydrogens (tertiary/aromatic N) is 2. The number of hydrogen-bond donors (Lipinski definition) is 1. The number of carbonyl (C=O) groups is 1. The number of amides is 1. The van der Waals surface area contributed by atoms with Gasteiger partial charge in [0.1, 0.15) is 5.03 Å². The van der Waals surface area contributed by atoms with Gasteiger partial charge in [0.05, 0.1) is 10.7 Å². The molecule has 74 valence electrons. The van der Waals surface area contributed by atoms with E-state index in [2.05, 4.69) is 4.98 Å². The fraction of sp³-hybridized carbons (Fsp3) is 0.250. The lowest BCUT2D eigenvalue weighted by Crippen LogP contribution is -2.34. The van der Waals surface area contributed by atoms with Crippen molar-refractivity contribution in [1.82, 2.24) is 4.98 Å². The van der Waals surface area contributed by atoms with Crippen molar-refractivity contribution >= 4 is 35.1 Å². The molecule has 0 fully saturated rings. The molecule has 6 heteroatoms. The highest BCUT2D eigenvalue weighted by Crippen LogP contribution is 2.34. The summed E-state index contributed by atoms with van der Waals surface area (Å²) in [4.78, 5) is 16.2. The van der Waals surface area contributed by atoms with Crippen molar-refractivity contribution < 1.29 is 9.90 Å². The van der Waals surface area contributed by atoms with Crippen LogP contribution in [0.3, 0.4) is 0 Å². The molecule has 1 aromatic heterocycles. The highest BCUT2D eigenvalue weighted by atomic mass is 35.5. The summed E-state index contributed by atoms with van der Waals surface area (Å²) in [5.41, 5.74) is 0.584. The second-order valence-corrected chi connectivity index (χ2v) is 4.28. The first-order valence-electron chi connectivity index (χ1n) is 3.97. The lowest BCUT2D eigenvalue weighted by Gasteiger charge is -2.25. The van der Waals surface area contributed by atoms with Crippen LogP contribution in [0.1, 0.15) is 0 Å². The van der Waals surface area contributed by atoms with Crippen molar-refractivity contribution in [3.63, 3.8) is 0 Å². The van der Waals surface area contributed by atoms with Crippen molar-refractivity contribution in [2.75, 3.05) is 17.2 Å². The molecular formula is C8H7ClN2O2S. The van der Waals surface area contributed by atoms with Gasteiger partial charge in [-0.3, -0.25) is 4.90 Å². The zero-order valence-corrected chi connectivity index (χ0v) is 8.68. The van der Waals surface area contributed by atoms with Crippen molar-refractivity contribution in [2.24, 2.45) is 0 Å². The Morgan fingerprint density at radius 3 is 3.21 bits per heavy atom. The first-order chi connectivity index (χ1) is 6.68. The van der Waals surface area contributed by atoms with Gasteiger partial charge in [-0.25, -0.2) is 9.78 Å². The van der Waals surface area contributed by atoms with E-state index in [1.54, 1.807) is 17.8 Å². The number of hydrogen-bond acceptors (Lipinski definition) is 3. The Labute approximate surface area is 89.9 Å². The van der Waals surface area contributed by atoms with Gasteiger partial charge in [-0.05, 0) is 6.07 Å². The monoisotopic (exact) mass is 230 g/mol. The zero-order chi connectivity index (χ0) is 10.1. The van der Waals surface area contributed by atoms with E-state index >= 15 is 0 Å². The average molecular weight is 231 g/mol. The summed E-state index contributed by atoms with van der Waals surface area (Å²) in [5, 5.41) is 10.1. The number of fused-ring (bicyclic) bond motifs is 1. The van der Waals surface area contributed by atoms with E-state index in [0.717, 1.165) is 10.8 Å². The van der Waals surface area contributed by atoms with E-state index in [4.69, 9.17) is 16.7 Å². The second kappa shape index (κ2) is 3.67. The number of halogens is 1. The Balaban J connectivity index is 2.46. The van der Waals surface area contributed by atoms with Crippen molar-refractivity contribution in [1.29, 1.82) is 0 Å². The van der Waals surface area contributed by atoms with E-state index in [0.29, 0.717) is 17.3 Å². The minimum Gasteiger partial charge on any atom is -0.465 e. The van der Waals surface area contributed by atoms with Crippen LogP contribution >= 0.6 is 23.4 Å². The smallest absolute Gasteiger partial charge is 0.411 e. The fourth-order valence-corrected chi connectivity index (χ4v) is 2.34. The molecule has 4 nitrogen and oxygen atoms in total. The molecule has 1 aliphatic rings. The lowest BCUT2D eigenvalue weighted by molar-refractivity contribution is 0.202. The molecule has 1 aliphatic heterocycles. The van der Waals surface area contributed by atoms with Gasteiger partial charge in [-0.15, -0.1) is 11.8 Å². The first kappa shape index (κ1) is 9.61. The number of thioether (sulfide) groups is 1. The third kappa shape index (κ3) is 1.65. The minimum absolute atomic E-state index is 0.456. The number of aromatic nitrogens is 1. The zero-order valence-electron chi connectivity index (χ0n) is 7.11. The van der Waals surface area contributed by atoms with Crippen LogP contribution in [-0.2, 0) is 0 Å². The summed E-state index contributed by atoms with van der Waals surface area (Å²) in [6.07, 6.45) is 0.564. The predicted octanol–water partition coefficient (Wildman–Crippen LogP) is 2.33. The van der Waals surface area contributed by atoms with Crippen LogP contribution in [0.15, 0.2) is 17.3 Å². The van der Waals surface area contributed by atoms with Crippen molar-refractivity contribution in [3.05, 3.63) is 17.3 Å². The van der Waals surface area contributed by atoms with Gasteiger partial charge in [-0.2, -0.15) is 0 Å². The summed E-state index contributed by atoms with van der Waals surface area (Å²) >= 11 is 7.30. The quantitative estimate of drug-likeness (QED) is 0.743. The first-order valence-corrected chi connectivity index (χ1v) is 5.33. The molecule has 1 amide bonds. The van der Waals surface area contributed by atoms with E-state index in [9.17, 15) is 4.79 Å². The number of carboxylic acid groups (broad SMARTS) is 1. The van der Waals surface area contributed by atoms with Crippen LogP contribution in [0, 0.1) is 0 Å². The SMILES string of the molecule is O=C(O)N1CCSc2ncc(Cl)cc21. The lowest BCUT2D eigenvalue weighted by atomic mass is 10.3. The van der Waals surface area contributed by atoms with Gasteiger partial charge in [0.25, 0.3) is 0 Å². The number of rotatable bonds is 0. The van der Waals surface area contributed by atoms with Crippen LogP contribution in [0.2, 0.25) is 5.02 Å². The molecular weight excluding hydrogens is 224 g/mol. The third-order valence-corrected chi connectivity index (χ3v) is 3.06. The molecule has 0 atom stereocenters. The molecule has 0 unspecified atom stereocenters. The highest BCUT2D eigenvalue weighted by Gasteiger charge is 2.23. The molecule has 0 saturated heterocycles. The van der Waals surface area contributed by atoms with Crippen LogP contribution in [0.25, 0.3) is 0 Å². The Hall–Kier alpha value is -0.940. The van der Waals surface area contributed by atoms with Crippen molar-refractivity contribution in [3.8, 4) is 0 Å². The van der Waals surface area contributed by atoms with Crippen LogP contribution in [0.5, 0.6) is 0 Å². The topological polar surface area (TPSA) is 53.4 Å². The van der Waals surface area contributed by atoms with E-state index in [-0.39, 0.29) is 0 Å². The molecule has 0 radical (unpaired) electrons. The molecule has 0 aliphatic carbocycles. The maximum absolute atomic E-state index is 10.9. The second-order valence-electron chi connectivity index (χ2n) is 2.76. The Bertz CT molecular complexity index is 386. The number of anilines is 1. The van der Waals surface area contributed by atoms with Gasteiger partial charge >= 0.3 is 6.09 Å². The highest BCUT2D eigenvalue weighted by molar-refractivity contribution is 7.99. The van der Waals surface area contributed by atoms with Crippen molar-refractivity contribution in [2.45, 2.75) is 5.03 Å². The Morgan fingerprint density at radius 1 is 1.71 bits per heavy atom. The van der Waals surface area contributed by atoms with Gasteiger partial charge < -0.3 is 5.11 Å². The molecule has 2 heterocycles. The van der Waals surface area contributed by atoms with Gasteiger partial charge in [-0.1, -0.05) is 11.6 Å². The predicted molar refractivity (Wildman–Crippen MR) is 55.3 cm³/mol. The third-order valence-electron chi connectivity index (χ3n) is 1.87. The fourth-order valence-electron chi connectivity index (χ4n) is 1.27. The molecule has 0 spiro atoms. The Morgan fingerprint density at radius 2 is 2.50 bits per heavy atom. The largest absolute Gasteiger partial charge is 0.465 e. The maximum atomic E-state index is 10.9. The molecule has 0 aromatic carbocycles. The molecule has 0 saturated carbocycles. The molecule has 1 aromatic rings. The molecule has 14 heavy (non-hydrogen) atoms. The molecule has 2 rings (SSSR count). The Kier molecular flexibility index (Phi) is 2.52. The van der Waals surface area contributed by atoms with E-state index in [1.165, 1.54) is 11.1 Å². The summed E-state index contributed by atoms with van der Waals surface area (Å²) in [7, 11) is 0. The van der Waals surface area contributed by atoms with Crippen LogP contribution in [-0.4, -0.2) is 28.5 Å². The summed E-state index contributed by atoms with van der Waals surface area (Å²) in [5.74, 6) is 0.730. The standard InChI is InChI=1S/C8H7ClN2O2S/c9-5-3-6-7(10-4-5)14-2-1-11(6)8(12)13/h3-4H,1-2H2,(H,12,13). The van der Waals surface area contributed by atoms with Crippen LogP contribution < -0.4 is 4.90 Å². The normalized spacial score (nSPS) is 15.1. The summed E-state index contributed by atoms with van der Waals surface area (Å²) in [6.45, 7) is 0.481. The van der Waals surface area contributed by atoms with E-state index in [1.807, 2.05) is 0 Å². The van der Waals surface area contributed by atoms with Gasteiger partial charge in [0.15, 0.2) is 0 Å². The van der Waals surface area contributed by atoms with Gasteiger partial charge in [0, 0.05) is 18.5 Å². The molecule has 1 N–H and O–H groups in total. The summed E-state index contributed by atoms with van der Waals surface area (Å²) in [6, 6.07) is 1.63. The minimum atomic E-state index is -0.962. The average Bonchev–Trinajstić information content (AvgIpc) is 2.16. The molecule has 0 bridgehead atoms. The van der Waals surface area contributed by atoms with Crippen LogP contribution in [0.4, 0.5) is 10.5 Å².